The van der Waals surface area contributed by atoms with Crippen molar-refractivity contribution in [3.63, 3.8) is 0 Å². The third kappa shape index (κ3) is 7.45. The van der Waals surface area contributed by atoms with Crippen molar-refractivity contribution in [3.8, 4) is 0 Å². The van der Waals surface area contributed by atoms with Crippen molar-refractivity contribution in [2.24, 2.45) is 0 Å². The highest BCUT2D eigenvalue weighted by molar-refractivity contribution is 8.00. The number of β-amino-alcohol motifs (C(OH)–C–C–N with tert-alkyl or cyclic N) is 1. The summed E-state index contributed by atoms with van der Waals surface area (Å²) < 4.78 is 35.9. The Balaban J connectivity index is 2.16. The minimum absolute atomic E-state index is 0.0428. The Morgan fingerprint density at radius 3 is 2.00 bits per heavy atom. The Hall–Kier alpha value is 0.0200. The lowest BCUT2D eigenvalue weighted by Gasteiger charge is -2.37. The van der Waals surface area contributed by atoms with Crippen molar-refractivity contribution in [1.29, 1.82) is 0 Å². The maximum absolute atomic E-state index is 12.0. The van der Waals surface area contributed by atoms with Gasteiger partial charge < -0.3 is 5.11 Å². The van der Waals surface area contributed by atoms with E-state index < -0.39 is 11.1 Å². The van der Waals surface area contributed by atoms with E-state index >= 15 is 0 Å². The van der Waals surface area contributed by atoms with E-state index in [0.717, 1.165) is 26.2 Å². The second kappa shape index (κ2) is 6.45. The minimum Gasteiger partial charge on any atom is -0.389 e. The van der Waals surface area contributed by atoms with E-state index in [1.807, 2.05) is 4.90 Å². The molecule has 1 N–H and O–H groups in total. The number of alkyl halides is 3. The van der Waals surface area contributed by atoms with Gasteiger partial charge in [-0.3, -0.25) is 9.80 Å². The number of piperazine rings is 1. The molecule has 0 radical (unpaired) electrons. The first-order chi connectivity index (χ1) is 8.16. The van der Waals surface area contributed by atoms with Crippen LogP contribution in [0.4, 0.5) is 13.2 Å². The molecular formula is C11H21F3N2OS. The molecule has 0 bridgehead atoms. The van der Waals surface area contributed by atoms with Crippen molar-refractivity contribution in [3.05, 3.63) is 0 Å². The van der Waals surface area contributed by atoms with Crippen LogP contribution in [0, 0.1) is 0 Å². The molecule has 3 nitrogen and oxygen atoms in total. The Kier molecular flexibility index (Phi) is 5.76. The summed E-state index contributed by atoms with van der Waals surface area (Å²) in [7, 11) is 0. The van der Waals surface area contributed by atoms with Crippen LogP contribution in [0.2, 0.25) is 0 Å². The molecule has 1 heterocycles. The molecular weight excluding hydrogens is 265 g/mol. The fraction of sp³-hybridized carbons (Fsp3) is 1.00. The summed E-state index contributed by atoms with van der Waals surface area (Å²) in [4.78, 5) is 4.19. The Morgan fingerprint density at radius 2 is 1.56 bits per heavy atom. The van der Waals surface area contributed by atoms with E-state index in [2.05, 4.69) is 4.90 Å². The van der Waals surface area contributed by atoms with Crippen LogP contribution in [-0.2, 0) is 0 Å². The van der Waals surface area contributed by atoms with Crippen LogP contribution in [0.15, 0.2) is 0 Å². The van der Waals surface area contributed by atoms with Crippen LogP contribution in [-0.4, -0.2) is 71.0 Å². The number of thioether (sulfide) groups is 1. The van der Waals surface area contributed by atoms with Crippen molar-refractivity contribution in [1.82, 2.24) is 9.80 Å². The lowest BCUT2D eigenvalue weighted by Crippen LogP contribution is -2.50. The number of hydrogen-bond donors (Lipinski definition) is 1. The molecule has 0 amide bonds. The van der Waals surface area contributed by atoms with Crippen LogP contribution >= 0.6 is 11.8 Å². The molecule has 0 aromatic carbocycles. The van der Waals surface area contributed by atoms with E-state index in [1.54, 1.807) is 13.8 Å². The summed E-state index contributed by atoms with van der Waals surface area (Å²) in [6, 6.07) is 0. The molecule has 0 aromatic rings. The van der Waals surface area contributed by atoms with Gasteiger partial charge in [-0.2, -0.15) is 13.2 Å². The predicted molar refractivity (Wildman–Crippen MR) is 67.7 cm³/mol. The van der Waals surface area contributed by atoms with Gasteiger partial charge in [0.2, 0.25) is 0 Å². The molecule has 1 aliphatic heterocycles. The number of aliphatic hydroxyl groups is 1. The summed E-state index contributed by atoms with van der Waals surface area (Å²) in [5.74, 6) is 0.0923. The zero-order valence-corrected chi connectivity index (χ0v) is 11.7. The molecule has 18 heavy (non-hydrogen) atoms. The largest absolute Gasteiger partial charge is 0.441 e. The lowest BCUT2D eigenvalue weighted by atomic mass is 10.1. The quantitative estimate of drug-likeness (QED) is 0.831. The van der Waals surface area contributed by atoms with Crippen LogP contribution < -0.4 is 0 Å². The van der Waals surface area contributed by atoms with Gasteiger partial charge >= 0.3 is 5.51 Å². The van der Waals surface area contributed by atoms with Gasteiger partial charge in [0.05, 0.1) is 5.60 Å². The fourth-order valence-electron chi connectivity index (χ4n) is 2.01. The molecule has 0 spiro atoms. The predicted octanol–water partition coefficient (Wildman–Crippen LogP) is 1.63. The molecule has 1 fully saturated rings. The molecule has 7 heteroatoms. The fourth-order valence-corrected chi connectivity index (χ4v) is 2.59. The Bertz CT molecular complexity index is 248. The first kappa shape index (κ1) is 16.1. The van der Waals surface area contributed by atoms with Gasteiger partial charge in [-0.1, -0.05) is 0 Å². The molecule has 0 unspecified atom stereocenters. The third-order valence-electron chi connectivity index (χ3n) is 2.75. The minimum atomic E-state index is -4.12. The monoisotopic (exact) mass is 286 g/mol. The highest BCUT2D eigenvalue weighted by atomic mass is 32.2. The van der Waals surface area contributed by atoms with Crippen molar-refractivity contribution < 1.29 is 18.3 Å². The number of halogens is 3. The molecule has 0 aliphatic carbocycles. The molecule has 0 aromatic heterocycles. The second-order valence-electron chi connectivity index (χ2n) is 5.22. The number of hydrogen-bond acceptors (Lipinski definition) is 4. The lowest BCUT2D eigenvalue weighted by molar-refractivity contribution is -0.0330. The van der Waals surface area contributed by atoms with Gasteiger partial charge in [-0.05, 0) is 25.6 Å². The SMILES string of the molecule is CC(C)(O)CN1CCN(CCSC(F)(F)F)CC1. The summed E-state index contributed by atoms with van der Waals surface area (Å²) in [6.07, 6.45) is 0. The van der Waals surface area contributed by atoms with Gasteiger partial charge in [0.15, 0.2) is 0 Å². The molecule has 1 aliphatic rings. The smallest absolute Gasteiger partial charge is 0.389 e. The van der Waals surface area contributed by atoms with Crippen molar-refractivity contribution in [2.75, 3.05) is 45.0 Å². The number of rotatable bonds is 5. The van der Waals surface area contributed by atoms with Crippen molar-refractivity contribution >= 4 is 11.8 Å². The molecule has 1 rings (SSSR count). The van der Waals surface area contributed by atoms with E-state index in [4.69, 9.17) is 0 Å². The van der Waals surface area contributed by atoms with Crippen LogP contribution in [0.1, 0.15) is 13.8 Å². The first-order valence-electron chi connectivity index (χ1n) is 6.03. The zero-order valence-electron chi connectivity index (χ0n) is 10.8. The zero-order chi connectivity index (χ0) is 13.8. The summed E-state index contributed by atoms with van der Waals surface area (Å²) in [6.45, 7) is 7.77. The third-order valence-corrected chi connectivity index (χ3v) is 3.46. The van der Waals surface area contributed by atoms with E-state index in [1.165, 1.54) is 0 Å². The summed E-state index contributed by atoms with van der Waals surface area (Å²) >= 11 is 0.0428. The van der Waals surface area contributed by atoms with Gasteiger partial charge in [0.1, 0.15) is 0 Å². The Labute approximate surface area is 110 Å². The van der Waals surface area contributed by atoms with E-state index in [-0.39, 0.29) is 17.5 Å². The van der Waals surface area contributed by atoms with Crippen LogP contribution in [0.3, 0.4) is 0 Å². The summed E-state index contributed by atoms with van der Waals surface area (Å²) in [5, 5.41) is 9.68. The summed E-state index contributed by atoms with van der Waals surface area (Å²) in [5.41, 5.74) is -4.84. The number of nitrogens with zero attached hydrogens (tertiary/aromatic N) is 2. The Morgan fingerprint density at radius 1 is 1.06 bits per heavy atom. The molecule has 0 atom stereocenters. The highest BCUT2D eigenvalue weighted by Gasteiger charge is 2.28. The van der Waals surface area contributed by atoms with E-state index in [0.29, 0.717) is 13.1 Å². The first-order valence-corrected chi connectivity index (χ1v) is 7.02. The second-order valence-corrected chi connectivity index (χ2v) is 6.38. The van der Waals surface area contributed by atoms with Gasteiger partial charge in [0.25, 0.3) is 0 Å². The highest BCUT2D eigenvalue weighted by Crippen LogP contribution is 2.29. The topological polar surface area (TPSA) is 26.7 Å². The standard InChI is InChI=1S/C11H21F3N2OS/c1-10(2,17)9-16-5-3-15(4-6-16)7-8-18-11(12,13)14/h17H,3-9H2,1-2H3. The maximum Gasteiger partial charge on any atom is 0.441 e. The molecule has 1 saturated heterocycles. The average Bonchev–Trinajstić information content (AvgIpc) is 2.16. The van der Waals surface area contributed by atoms with Gasteiger partial charge in [0, 0.05) is 45.0 Å². The van der Waals surface area contributed by atoms with E-state index in [9.17, 15) is 18.3 Å². The maximum atomic E-state index is 12.0. The molecule has 0 saturated carbocycles. The van der Waals surface area contributed by atoms with Crippen LogP contribution in [0.25, 0.3) is 0 Å². The van der Waals surface area contributed by atoms with Crippen molar-refractivity contribution in [2.45, 2.75) is 25.0 Å². The normalized spacial score (nSPS) is 20.3. The van der Waals surface area contributed by atoms with Gasteiger partial charge in [-0.15, -0.1) is 0 Å². The average molecular weight is 286 g/mol. The van der Waals surface area contributed by atoms with Crippen LogP contribution in [0.5, 0.6) is 0 Å². The molecule has 108 valence electrons. The van der Waals surface area contributed by atoms with Gasteiger partial charge in [-0.25, -0.2) is 0 Å².